The Morgan fingerprint density at radius 2 is 1.76 bits per heavy atom. The standard InChI is InChI=1S/C17H29F3O/c1-4-6-12(3)7-8-14(13-9-10-13)11-15(5-2)21-17(20)16(18)19/h12-15H,4-11H2,1-3H3. The summed E-state index contributed by atoms with van der Waals surface area (Å²) in [6.45, 7) is 6.32. The average molecular weight is 306 g/mol. The van der Waals surface area contributed by atoms with Crippen molar-refractivity contribution in [1.29, 1.82) is 0 Å². The summed E-state index contributed by atoms with van der Waals surface area (Å²) in [5.41, 5.74) is 0. The molecule has 0 N–H and O–H groups in total. The SMILES string of the molecule is CCCC(C)CCC(CC(CC)OC(F)=C(F)F)C1CC1. The predicted octanol–water partition coefficient (Wildman–Crippen LogP) is 6.45. The Morgan fingerprint density at radius 1 is 1.10 bits per heavy atom. The third-order valence-corrected chi connectivity index (χ3v) is 4.54. The lowest BCUT2D eigenvalue weighted by Crippen LogP contribution is -2.18. The van der Waals surface area contributed by atoms with E-state index in [1.165, 1.54) is 32.1 Å². The van der Waals surface area contributed by atoms with E-state index in [9.17, 15) is 13.2 Å². The highest BCUT2D eigenvalue weighted by Crippen LogP contribution is 2.42. The zero-order chi connectivity index (χ0) is 15.8. The lowest BCUT2D eigenvalue weighted by Gasteiger charge is -2.24. The minimum absolute atomic E-state index is 0.432. The van der Waals surface area contributed by atoms with E-state index >= 15 is 0 Å². The predicted molar refractivity (Wildman–Crippen MR) is 79.7 cm³/mol. The minimum Gasteiger partial charge on any atom is -0.464 e. The molecule has 1 aliphatic rings. The van der Waals surface area contributed by atoms with Gasteiger partial charge in [0.1, 0.15) is 6.10 Å². The van der Waals surface area contributed by atoms with Crippen molar-refractivity contribution < 1.29 is 17.9 Å². The maximum Gasteiger partial charge on any atom is 0.342 e. The van der Waals surface area contributed by atoms with Crippen molar-refractivity contribution >= 4 is 0 Å². The van der Waals surface area contributed by atoms with Gasteiger partial charge in [-0.3, -0.25) is 0 Å². The van der Waals surface area contributed by atoms with Gasteiger partial charge in [-0.25, -0.2) is 0 Å². The molecule has 124 valence electrons. The molecule has 0 aromatic heterocycles. The van der Waals surface area contributed by atoms with E-state index in [2.05, 4.69) is 13.8 Å². The molecule has 1 rings (SSSR count). The molecule has 0 radical (unpaired) electrons. The Hall–Kier alpha value is -0.670. The Bertz CT molecular complexity index is 322. The fourth-order valence-corrected chi connectivity index (χ4v) is 3.08. The number of ether oxygens (including phenoxy) is 1. The normalized spacial score (nSPS) is 19.0. The molecule has 3 atom stereocenters. The number of hydrogen-bond donors (Lipinski definition) is 0. The summed E-state index contributed by atoms with van der Waals surface area (Å²) in [4.78, 5) is 0. The zero-order valence-corrected chi connectivity index (χ0v) is 13.5. The topological polar surface area (TPSA) is 9.23 Å². The molecule has 0 bridgehead atoms. The summed E-state index contributed by atoms with van der Waals surface area (Å²) >= 11 is 0. The molecular formula is C17H29F3O. The van der Waals surface area contributed by atoms with Crippen LogP contribution in [0.1, 0.15) is 72.1 Å². The maximum atomic E-state index is 13.0. The molecule has 1 nitrogen and oxygen atoms in total. The summed E-state index contributed by atoms with van der Waals surface area (Å²) in [6.07, 6.45) is 5.62. The monoisotopic (exact) mass is 306 g/mol. The van der Waals surface area contributed by atoms with Crippen LogP contribution in [0, 0.1) is 17.8 Å². The molecule has 0 spiro atoms. The molecule has 4 heteroatoms. The summed E-state index contributed by atoms with van der Waals surface area (Å²) in [5, 5.41) is 0. The molecule has 1 aliphatic carbocycles. The van der Waals surface area contributed by atoms with Crippen molar-refractivity contribution in [2.24, 2.45) is 17.8 Å². The lowest BCUT2D eigenvalue weighted by molar-refractivity contribution is 0.0308. The molecule has 0 saturated heterocycles. The van der Waals surface area contributed by atoms with Crippen LogP contribution in [0.2, 0.25) is 0 Å². The Morgan fingerprint density at radius 3 is 2.24 bits per heavy atom. The zero-order valence-electron chi connectivity index (χ0n) is 13.5. The molecule has 0 aliphatic heterocycles. The van der Waals surface area contributed by atoms with Gasteiger partial charge in [-0.1, -0.05) is 40.0 Å². The van der Waals surface area contributed by atoms with Gasteiger partial charge in [-0.15, -0.1) is 0 Å². The third kappa shape index (κ3) is 7.23. The van der Waals surface area contributed by atoms with Crippen molar-refractivity contribution in [3.05, 3.63) is 12.1 Å². The Balaban J connectivity index is 2.46. The quantitative estimate of drug-likeness (QED) is 0.399. The van der Waals surface area contributed by atoms with Crippen molar-refractivity contribution in [3.63, 3.8) is 0 Å². The van der Waals surface area contributed by atoms with Crippen LogP contribution in [0.5, 0.6) is 0 Å². The van der Waals surface area contributed by atoms with E-state index in [1.54, 1.807) is 0 Å². The molecule has 0 amide bonds. The van der Waals surface area contributed by atoms with Crippen molar-refractivity contribution in [2.75, 3.05) is 0 Å². The highest BCUT2D eigenvalue weighted by molar-refractivity contribution is 4.86. The van der Waals surface area contributed by atoms with Gasteiger partial charge in [0.05, 0.1) is 0 Å². The van der Waals surface area contributed by atoms with Crippen LogP contribution in [0.15, 0.2) is 12.1 Å². The van der Waals surface area contributed by atoms with Gasteiger partial charge < -0.3 is 4.74 Å². The summed E-state index contributed by atoms with van der Waals surface area (Å²) < 4.78 is 42.0. The van der Waals surface area contributed by atoms with Crippen LogP contribution < -0.4 is 0 Å². The second-order valence-corrected chi connectivity index (χ2v) is 6.49. The van der Waals surface area contributed by atoms with Crippen LogP contribution in [0.25, 0.3) is 0 Å². The maximum absolute atomic E-state index is 13.0. The first-order valence-corrected chi connectivity index (χ1v) is 8.35. The van der Waals surface area contributed by atoms with E-state index < -0.39 is 18.2 Å². The second-order valence-electron chi connectivity index (χ2n) is 6.49. The first-order valence-electron chi connectivity index (χ1n) is 8.35. The van der Waals surface area contributed by atoms with Gasteiger partial charge in [-0.05, 0) is 49.9 Å². The average Bonchev–Trinajstić information content (AvgIpc) is 3.26. The third-order valence-electron chi connectivity index (χ3n) is 4.54. The van der Waals surface area contributed by atoms with E-state index in [0.717, 1.165) is 6.42 Å². The highest BCUT2D eigenvalue weighted by Gasteiger charge is 2.33. The summed E-state index contributed by atoms with van der Waals surface area (Å²) in [6, 6.07) is -1.70. The highest BCUT2D eigenvalue weighted by atomic mass is 19.3. The van der Waals surface area contributed by atoms with Gasteiger partial charge in [0.15, 0.2) is 0 Å². The summed E-state index contributed by atoms with van der Waals surface area (Å²) in [5.74, 6) is 1.89. The van der Waals surface area contributed by atoms with Crippen LogP contribution in [0.3, 0.4) is 0 Å². The molecule has 3 unspecified atom stereocenters. The summed E-state index contributed by atoms with van der Waals surface area (Å²) in [7, 11) is 0. The first-order chi connectivity index (χ1) is 9.97. The van der Waals surface area contributed by atoms with Crippen LogP contribution in [0.4, 0.5) is 13.2 Å². The molecule has 1 fully saturated rings. The van der Waals surface area contributed by atoms with Crippen molar-refractivity contribution in [1.82, 2.24) is 0 Å². The van der Waals surface area contributed by atoms with Crippen LogP contribution in [-0.4, -0.2) is 6.10 Å². The van der Waals surface area contributed by atoms with Crippen LogP contribution >= 0.6 is 0 Å². The van der Waals surface area contributed by atoms with Crippen LogP contribution in [-0.2, 0) is 4.74 Å². The van der Waals surface area contributed by atoms with E-state index in [0.29, 0.717) is 30.6 Å². The fourth-order valence-electron chi connectivity index (χ4n) is 3.08. The van der Waals surface area contributed by atoms with Crippen molar-refractivity contribution in [2.45, 2.75) is 78.2 Å². The largest absolute Gasteiger partial charge is 0.464 e. The molecule has 0 aromatic carbocycles. The van der Waals surface area contributed by atoms with E-state index in [-0.39, 0.29) is 0 Å². The Kier molecular flexibility index (Phi) is 8.20. The second kappa shape index (κ2) is 9.37. The lowest BCUT2D eigenvalue weighted by atomic mass is 9.87. The molecular weight excluding hydrogens is 277 g/mol. The number of hydrogen-bond acceptors (Lipinski definition) is 1. The molecule has 21 heavy (non-hydrogen) atoms. The number of halogens is 3. The number of rotatable bonds is 11. The first kappa shape index (κ1) is 18.4. The van der Waals surface area contributed by atoms with Gasteiger partial charge in [-0.2, -0.15) is 13.2 Å². The van der Waals surface area contributed by atoms with Gasteiger partial charge in [0.25, 0.3) is 0 Å². The van der Waals surface area contributed by atoms with Crippen molar-refractivity contribution in [3.8, 4) is 0 Å². The molecule has 0 heterocycles. The minimum atomic E-state index is -2.35. The fraction of sp³-hybridized carbons (Fsp3) is 0.882. The van der Waals surface area contributed by atoms with Gasteiger partial charge in [0, 0.05) is 0 Å². The Labute approximate surface area is 126 Å². The van der Waals surface area contributed by atoms with E-state index in [4.69, 9.17) is 4.74 Å². The molecule has 1 saturated carbocycles. The van der Waals surface area contributed by atoms with E-state index in [1.807, 2.05) is 6.92 Å². The molecule has 0 aromatic rings. The van der Waals surface area contributed by atoms with Gasteiger partial charge in [0.2, 0.25) is 0 Å². The smallest absolute Gasteiger partial charge is 0.342 e. The van der Waals surface area contributed by atoms with Gasteiger partial charge >= 0.3 is 12.1 Å².